The molecular formula is C74H112F10N12O13. The van der Waals surface area contributed by atoms with Crippen molar-refractivity contribution in [1.82, 2.24) is 60.0 Å². The van der Waals surface area contributed by atoms with Gasteiger partial charge in [-0.3, -0.25) is 57.5 Å². The summed E-state index contributed by atoms with van der Waals surface area (Å²) in [5.74, 6) is -22.7. The van der Waals surface area contributed by atoms with Crippen molar-refractivity contribution in [1.29, 1.82) is 0 Å². The predicted molar refractivity (Wildman–Crippen MR) is 375 cm³/mol. The van der Waals surface area contributed by atoms with Crippen LogP contribution in [0.1, 0.15) is 175 Å². The molecule has 12 amide bonds. The second-order valence-electron chi connectivity index (χ2n) is 32.6. The zero-order valence-electron chi connectivity index (χ0n) is 64.3. The molecule has 8 fully saturated rings. The average Bonchev–Trinajstić information content (AvgIpc) is 1.73. The highest BCUT2D eigenvalue weighted by Crippen LogP contribution is 2.46. The second-order valence-corrected chi connectivity index (χ2v) is 32.6. The van der Waals surface area contributed by atoms with E-state index in [1.54, 1.807) is 27.7 Å². The van der Waals surface area contributed by atoms with E-state index in [1.165, 1.54) is 45.0 Å². The second kappa shape index (κ2) is 36.6. The third-order valence-corrected chi connectivity index (χ3v) is 24.5. The fourth-order valence-electron chi connectivity index (χ4n) is 17.5. The topological polar surface area (TPSA) is 279 Å². The van der Waals surface area contributed by atoms with Crippen LogP contribution >= 0.6 is 0 Å². The summed E-state index contributed by atoms with van der Waals surface area (Å²) < 4.78 is 153. The lowest BCUT2D eigenvalue weighted by Gasteiger charge is -2.47. The Kier molecular flexibility index (Phi) is 29.4. The van der Waals surface area contributed by atoms with E-state index in [-0.39, 0.29) is 116 Å². The molecule has 3 N–H and O–H groups in total. The number of hydrogen-bond donors (Lipinski definition) is 3. The van der Waals surface area contributed by atoms with Gasteiger partial charge in [0, 0.05) is 68.3 Å². The number of hydrogen-bond acceptors (Lipinski definition) is 13. The SMILES string of the molecule is CC[C@H](C)[C@@H]1NC(=O)[C@H](CC(C)C)N(C)C(=O)C[C@@H](C(=O)N2CCOCC2)N(C)C(=O)[C@H](C2CCCC2)N(C)C(=O)C2(CCC2)NC(=O)[C@@H]2CC(F)(F)CN2C(=O)[C@H](CCC2CC(F)C(C(F)(F)F)C(F)C2)NC(=O)CN(C)C(=O)[C@H](CC2CCC(C(F)(F)F)CC2)N2CCCC[C@@H](C2=O)N(C)C(=O)CN(C)C1=O. The van der Waals surface area contributed by atoms with Gasteiger partial charge < -0.3 is 64.8 Å². The maximum atomic E-state index is 16.2. The quantitative estimate of drug-likeness (QED) is 0.195. The first-order valence-corrected chi connectivity index (χ1v) is 38.7. The van der Waals surface area contributed by atoms with E-state index in [4.69, 9.17) is 4.74 Å². The Balaban J connectivity index is 1.20. The lowest BCUT2D eigenvalue weighted by molar-refractivity contribution is -0.219. The first-order chi connectivity index (χ1) is 51.0. The van der Waals surface area contributed by atoms with Gasteiger partial charge in [-0.15, -0.1) is 0 Å². The molecule has 0 aromatic heterocycles. The predicted octanol–water partition coefficient (Wildman–Crippen LogP) is 6.19. The number of amides is 12. The van der Waals surface area contributed by atoms with Crippen molar-refractivity contribution in [2.75, 3.05) is 94.8 Å². The van der Waals surface area contributed by atoms with E-state index < -0.39 is 249 Å². The molecule has 1 spiro atoms. The van der Waals surface area contributed by atoms with Crippen molar-refractivity contribution in [2.24, 2.45) is 41.4 Å². The number of rotatable bonds is 11. The summed E-state index contributed by atoms with van der Waals surface area (Å²) in [5.41, 5.74) is -1.91. The normalized spacial score (nSPS) is 32.2. The minimum atomic E-state index is -5.28. The van der Waals surface area contributed by atoms with Crippen molar-refractivity contribution in [3.8, 4) is 0 Å². The van der Waals surface area contributed by atoms with Crippen LogP contribution in [0.4, 0.5) is 43.9 Å². The molecular weight excluding hydrogens is 1450 g/mol. The maximum Gasteiger partial charge on any atom is 0.397 e. The van der Waals surface area contributed by atoms with Crippen LogP contribution in [0.15, 0.2) is 0 Å². The maximum absolute atomic E-state index is 16.2. The lowest BCUT2D eigenvalue weighted by Crippen LogP contribution is -2.68. The van der Waals surface area contributed by atoms with Gasteiger partial charge in [0.15, 0.2) is 0 Å². The number of ether oxygens (including phenoxy) is 1. The standard InChI is InChI=1S/C74H112F10N12O13/c1-11-43(4)60-68(106)89(6)40-58(99)90(7)51-19-14-15-28-95(67(51)105)54(36-44-20-23-47(24-21-44)73(79,80)81)65(103)88(5)39-56(97)85-50(25-22-45-34-48(75)59(49(76)35-45)74(82,83)84)64(102)96-41-72(77,78)38-55(96)63(101)87-71(26-16-27-71)70(108)93(10)61(46-17-12-13-18-46)69(107)92(9)53(66(104)94-29-31-109-32-30-94)37-57(98)91(8)52(33-42(2)3)62(100)86-60/h42-55,59-61H,11-41H2,1-10H3,(H,85,97)(H,86,100)(H,87,101)/t43-,44?,45?,47?,48?,49?,50-,51-,52-,53-,54-,55-,59?,60-,61-/m0/s1. The molecule has 8 aliphatic rings. The van der Waals surface area contributed by atoms with Gasteiger partial charge >= 0.3 is 12.4 Å². The molecule has 35 heteroatoms. The Bertz CT molecular complexity index is 3260. The molecule has 2 unspecified atom stereocenters. The summed E-state index contributed by atoms with van der Waals surface area (Å²) >= 11 is 0. The van der Waals surface area contributed by atoms with Crippen LogP contribution < -0.4 is 16.0 Å². The van der Waals surface area contributed by atoms with Crippen LogP contribution in [-0.2, 0) is 62.3 Å². The molecule has 4 saturated heterocycles. The van der Waals surface area contributed by atoms with Crippen molar-refractivity contribution >= 4 is 70.9 Å². The zero-order chi connectivity index (χ0) is 80.7. The average molecular weight is 1570 g/mol. The molecule has 109 heavy (non-hydrogen) atoms. The highest BCUT2D eigenvalue weighted by atomic mass is 19.4. The zero-order valence-corrected chi connectivity index (χ0v) is 64.3. The lowest BCUT2D eigenvalue weighted by atomic mass is 9.74. The first kappa shape index (κ1) is 87.5. The van der Waals surface area contributed by atoms with E-state index >= 15 is 51.1 Å². The van der Waals surface area contributed by atoms with E-state index in [0.717, 1.165) is 36.4 Å². The number of carbonyl (C=O) groups is 12. The molecule has 4 aliphatic heterocycles. The smallest absolute Gasteiger partial charge is 0.378 e. The number of nitrogens with zero attached hydrogens (tertiary/aromatic N) is 9. The molecule has 4 saturated carbocycles. The number of morpholine rings is 1. The largest absolute Gasteiger partial charge is 0.397 e. The fraction of sp³-hybridized carbons (Fsp3) is 0.838. The molecule has 4 heterocycles. The summed E-state index contributed by atoms with van der Waals surface area (Å²) in [6, 6.07) is -12.6. The van der Waals surface area contributed by atoms with Gasteiger partial charge in [-0.05, 0) is 145 Å². The van der Waals surface area contributed by atoms with Gasteiger partial charge in [0.25, 0.3) is 5.92 Å². The monoisotopic (exact) mass is 1570 g/mol. The molecule has 25 nitrogen and oxygen atoms in total. The van der Waals surface area contributed by atoms with Gasteiger partial charge in [-0.2, -0.15) is 26.3 Å². The molecule has 616 valence electrons. The number of nitrogens with one attached hydrogen (secondary N) is 3. The molecule has 4 aliphatic carbocycles. The molecule has 0 aromatic carbocycles. The molecule has 0 radical (unpaired) electrons. The first-order valence-electron chi connectivity index (χ1n) is 38.7. The van der Waals surface area contributed by atoms with Crippen LogP contribution in [0, 0.1) is 41.4 Å². The van der Waals surface area contributed by atoms with Crippen molar-refractivity contribution in [2.45, 2.75) is 260 Å². The third kappa shape index (κ3) is 21.0. The van der Waals surface area contributed by atoms with Crippen molar-refractivity contribution in [3.63, 3.8) is 0 Å². The highest BCUT2D eigenvalue weighted by Gasteiger charge is 2.58. The van der Waals surface area contributed by atoms with Gasteiger partial charge in [0.05, 0.1) is 45.2 Å². The molecule has 2 bridgehead atoms. The number of fused-ring (bicyclic) bond motifs is 3. The summed E-state index contributed by atoms with van der Waals surface area (Å²) in [5, 5.41) is 7.89. The molecule has 11 atom stereocenters. The Labute approximate surface area is 631 Å². The molecule has 0 aromatic rings. The van der Waals surface area contributed by atoms with Crippen LogP contribution in [0.5, 0.6) is 0 Å². The minimum Gasteiger partial charge on any atom is -0.378 e. The summed E-state index contributed by atoms with van der Waals surface area (Å²) in [7, 11) is 7.73. The van der Waals surface area contributed by atoms with E-state index in [0.29, 0.717) is 37.0 Å². The Hall–Kier alpha value is -7.10. The Morgan fingerprint density at radius 1 is 0.596 bits per heavy atom. The summed E-state index contributed by atoms with van der Waals surface area (Å²) in [6.07, 6.45) is -18.3. The number of halogens is 10. The van der Waals surface area contributed by atoms with Crippen molar-refractivity contribution in [3.05, 3.63) is 0 Å². The molecule has 8 rings (SSSR count). The van der Waals surface area contributed by atoms with Gasteiger partial charge in [-0.25, -0.2) is 17.6 Å². The highest BCUT2D eigenvalue weighted by molar-refractivity contribution is 6.01. The third-order valence-electron chi connectivity index (χ3n) is 24.5. The van der Waals surface area contributed by atoms with Gasteiger partial charge in [0.2, 0.25) is 70.9 Å². The van der Waals surface area contributed by atoms with E-state index in [2.05, 4.69) is 16.0 Å². The number of alkyl halides is 10. The fourth-order valence-corrected chi connectivity index (χ4v) is 17.5. The van der Waals surface area contributed by atoms with Crippen LogP contribution in [0.2, 0.25) is 0 Å². The Morgan fingerprint density at radius 3 is 1.77 bits per heavy atom. The van der Waals surface area contributed by atoms with Crippen LogP contribution in [-0.4, -0.2) is 294 Å². The Morgan fingerprint density at radius 2 is 1.20 bits per heavy atom. The van der Waals surface area contributed by atoms with Crippen molar-refractivity contribution < 1.29 is 106 Å². The van der Waals surface area contributed by atoms with E-state index in [1.807, 2.05) is 0 Å². The van der Waals surface area contributed by atoms with E-state index in [9.17, 15) is 50.3 Å². The number of carbonyl (C=O) groups excluding carboxylic acids is 12. The van der Waals surface area contributed by atoms with Gasteiger partial charge in [-0.1, -0.05) is 47.0 Å². The summed E-state index contributed by atoms with van der Waals surface area (Å²) in [6.45, 7) is 4.13. The minimum absolute atomic E-state index is 0.0218. The van der Waals surface area contributed by atoms with Gasteiger partial charge in [0.1, 0.15) is 72.1 Å². The number of likely N-dealkylation sites (N-methyl/N-ethyl adjacent to an activating group) is 6. The van der Waals surface area contributed by atoms with Crippen LogP contribution in [0.3, 0.4) is 0 Å². The van der Waals surface area contributed by atoms with Crippen LogP contribution in [0.25, 0.3) is 0 Å². The summed E-state index contributed by atoms with van der Waals surface area (Å²) in [4.78, 5) is 190.